The topological polar surface area (TPSA) is 63.8 Å². The Morgan fingerprint density at radius 2 is 1.70 bits per heavy atom. The SMILES string of the molecule is CSc1nnc(-c2ccncc2)n1-c1ccc(O)cc1. The van der Waals surface area contributed by atoms with Gasteiger partial charge in [0.1, 0.15) is 5.75 Å². The van der Waals surface area contributed by atoms with E-state index in [1.807, 2.05) is 35.1 Å². The maximum atomic E-state index is 9.41. The molecule has 2 aromatic heterocycles. The minimum Gasteiger partial charge on any atom is -0.508 e. The predicted molar refractivity (Wildman–Crippen MR) is 78.0 cm³/mol. The maximum absolute atomic E-state index is 9.41. The molecule has 0 aliphatic carbocycles. The summed E-state index contributed by atoms with van der Waals surface area (Å²) in [5.74, 6) is 0.987. The Morgan fingerprint density at radius 1 is 1.00 bits per heavy atom. The summed E-state index contributed by atoms with van der Waals surface area (Å²) < 4.78 is 1.96. The third-order valence-electron chi connectivity index (χ3n) is 2.86. The molecule has 0 radical (unpaired) electrons. The van der Waals surface area contributed by atoms with E-state index < -0.39 is 0 Å². The van der Waals surface area contributed by atoms with Crippen LogP contribution in [-0.4, -0.2) is 31.1 Å². The molecule has 0 unspecified atom stereocenters. The van der Waals surface area contributed by atoms with Crippen molar-refractivity contribution in [2.24, 2.45) is 0 Å². The standard InChI is InChI=1S/C14H12N4OS/c1-20-14-17-16-13(10-6-8-15-9-7-10)18(14)11-2-4-12(19)5-3-11/h2-9,19H,1H3. The van der Waals surface area contributed by atoms with Crippen molar-refractivity contribution in [3.05, 3.63) is 48.8 Å². The van der Waals surface area contributed by atoms with Crippen molar-refractivity contribution in [2.75, 3.05) is 6.26 Å². The van der Waals surface area contributed by atoms with Crippen LogP contribution in [0.15, 0.2) is 53.9 Å². The molecule has 0 spiro atoms. The van der Waals surface area contributed by atoms with Gasteiger partial charge in [-0.25, -0.2) is 0 Å². The number of hydrogen-bond acceptors (Lipinski definition) is 5. The number of nitrogens with zero attached hydrogens (tertiary/aromatic N) is 4. The summed E-state index contributed by atoms with van der Waals surface area (Å²) in [6, 6.07) is 10.8. The van der Waals surface area contributed by atoms with E-state index in [0.717, 1.165) is 22.2 Å². The van der Waals surface area contributed by atoms with Gasteiger partial charge in [-0.15, -0.1) is 10.2 Å². The third-order valence-corrected chi connectivity index (χ3v) is 3.49. The van der Waals surface area contributed by atoms with E-state index in [-0.39, 0.29) is 5.75 Å². The molecule has 0 atom stereocenters. The summed E-state index contributed by atoms with van der Waals surface area (Å²) in [6.07, 6.45) is 5.41. The molecule has 20 heavy (non-hydrogen) atoms. The lowest BCUT2D eigenvalue weighted by Crippen LogP contribution is -1.99. The fourth-order valence-corrected chi connectivity index (χ4v) is 2.42. The van der Waals surface area contributed by atoms with Crippen LogP contribution in [0.25, 0.3) is 17.1 Å². The molecule has 0 aliphatic heterocycles. The van der Waals surface area contributed by atoms with Crippen LogP contribution < -0.4 is 0 Å². The lowest BCUT2D eigenvalue weighted by molar-refractivity contribution is 0.475. The number of aromatic nitrogens is 4. The molecule has 0 fully saturated rings. The number of hydrogen-bond donors (Lipinski definition) is 1. The van der Waals surface area contributed by atoms with Crippen LogP contribution in [0.2, 0.25) is 0 Å². The van der Waals surface area contributed by atoms with Gasteiger partial charge in [-0.3, -0.25) is 9.55 Å². The highest BCUT2D eigenvalue weighted by molar-refractivity contribution is 7.98. The molecule has 2 heterocycles. The van der Waals surface area contributed by atoms with E-state index >= 15 is 0 Å². The highest BCUT2D eigenvalue weighted by Gasteiger charge is 2.14. The summed E-state index contributed by atoms with van der Waals surface area (Å²) in [7, 11) is 0. The summed E-state index contributed by atoms with van der Waals surface area (Å²) >= 11 is 1.52. The fraction of sp³-hybridized carbons (Fsp3) is 0.0714. The molecule has 100 valence electrons. The number of benzene rings is 1. The zero-order valence-electron chi connectivity index (χ0n) is 10.8. The molecule has 3 rings (SSSR count). The van der Waals surface area contributed by atoms with Crippen LogP contribution in [0.3, 0.4) is 0 Å². The molecule has 0 aliphatic rings. The van der Waals surface area contributed by atoms with E-state index in [0.29, 0.717) is 0 Å². The number of aromatic hydroxyl groups is 1. The summed E-state index contributed by atoms with van der Waals surface area (Å²) in [4.78, 5) is 4.02. The summed E-state index contributed by atoms with van der Waals surface area (Å²) in [6.45, 7) is 0. The first-order chi connectivity index (χ1) is 9.79. The third kappa shape index (κ3) is 2.25. The number of phenols is 1. The molecular formula is C14H12N4OS. The number of rotatable bonds is 3. The van der Waals surface area contributed by atoms with Gasteiger partial charge >= 0.3 is 0 Å². The van der Waals surface area contributed by atoms with E-state index in [9.17, 15) is 5.11 Å². The largest absolute Gasteiger partial charge is 0.508 e. The van der Waals surface area contributed by atoms with Gasteiger partial charge in [0.25, 0.3) is 0 Å². The van der Waals surface area contributed by atoms with E-state index in [4.69, 9.17) is 0 Å². The maximum Gasteiger partial charge on any atom is 0.195 e. The van der Waals surface area contributed by atoms with Gasteiger partial charge in [-0.2, -0.15) is 0 Å². The first-order valence-corrected chi connectivity index (χ1v) is 7.21. The minimum absolute atomic E-state index is 0.234. The Kier molecular flexibility index (Phi) is 3.39. The smallest absolute Gasteiger partial charge is 0.195 e. The predicted octanol–water partition coefficient (Wildman–Crippen LogP) is 2.76. The molecule has 1 aromatic carbocycles. The average Bonchev–Trinajstić information content (AvgIpc) is 2.93. The summed E-state index contributed by atoms with van der Waals surface area (Å²) in [5.41, 5.74) is 1.85. The molecule has 6 heteroatoms. The quantitative estimate of drug-likeness (QED) is 0.749. The first-order valence-electron chi connectivity index (χ1n) is 5.99. The van der Waals surface area contributed by atoms with Gasteiger partial charge in [0.15, 0.2) is 11.0 Å². The highest BCUT2D eigenvalue weighted by atomic mass is 32.2. The van der Waals surface area contributed by atoms with E-state index in [1.54, 1.807) is 24.5 Å². The number of pyridine rings is 1. The zero-order valence-corrected chi connectivity index (χ0v) is 11.6. The number of thioether (sulfide) groups is 1. The average molecular weight is 284 g/mol. The molecule has 1 N–H and O–H groups in total. The van der Waals surface area contributed by atoms with Crippen LogP contribution in [-0.2, 0) is 0 Å². The van der Waals surface area contributed by atoms with Gasteiger partial charge in [-0.1, -0.05) is 11.8 Å². The molecule has 3 aromatic rings. The van der Waals surface area contributed by atoms with Crippen molar-refractivity contribution >= 4 is 11.8 Å². The Balaban J connectivity index is 2.18. The Labute approximate surface area is 120 Å². The van der Waals surface area contributed by atoms with E-state index in [2.05, 4.69) is 15.2 Å². The van der Waals surface area contributed by atoms with E-state index in [1.165, 1.54) is 11.8 Å². The Morgan fingerprint density at radius 3 is 2.35 bits per heavy atom. The lowest BCUT2D eigenvalue weighted by atomic mass is 10.2. The van der Waals surface area contributed by atoms with Crippen molar-refractivity contribution in [2.45, 2.75) is 5.16 Å². The Bertz CT molecular complexity index is 710. The van der Waals surface area contributed by atoms with Gasteiger partial charge in [0, 0.05) is 23.6 Å². The van der Waals surface area contributed by atoms with Gasteiger partial charge in [0.2, 0.25) is 0 Å². The van der Waals surface area contributed by atoms with Crippen molar-refractivity contribution in [1.82, 2.24) is 19.7 Å². The van der Waals surface area contributed by atoms with Gasteiger partial charge in [0.05, 0.1) is 0 Å². The second-order valence-corrected chi connectivity index (χ2v) is 4.87. The fourth-order valence-electron chi connectivity index (χ4n) is 1.92. The first kappa shape index (κ1) is 12.7. The molecule has 0 saturated carbocycles. The molecular weight excluding hydrogens is 272 g/mol. The van der Waals surface area contributed by atoms with Gasteiger partial charge in [-0.05, 0) is 42.7 Å². The van der Waals surface area contributed by atoms with Crippen molar-refractivity contribution in [3.8, 4) is 22.8 Å². The van der Waals surface area contributed by atoms with Crippen molar-refractivity contribution < 1.29 is 5.11 Å². The molecule has 5 nitrogen and oxygen atoms in total. The second-order valence-electron chi connectivity index (χ2n) is 4.10. The molecule has 0 amide bonds. The van der Waals surface area contributed by atoms with Crippen LogP contribution >= 0.6 is 11.8 Å². The number of phenolic OH excluding ortho intramolecular Hbond substituents is 1. The van der Waals surface area contributed by atoms with Crippen LogP contribution in [0.5, 0.6) is 5.75 Å². The summed E-state index contributed by atoms with van der Waals surface area (Å²) in [5, 5.41) is 18.7. The van der Waals surface area contributed by atoms with Crippen LogP contribution in [0.4, 0.5) is 0 Å². The Hall–Kier alpha value is -2.34. The molecule has 0 saturated heterocycles. The highest BCUT2D eigenvalue weighted by Crippen LogP contribution is 2.27. The second kappa shape index (κ2) is 5.34. The normalized spacial score (nSPS) is 10.7. The lowest BCUT2D eigenvalue weighted by Gasteiger charge is -2.09. The van der Waals surface area contributed by atoms with Gasteiger partial charge < -0.3 is 5.11 Å². The van der Waals surface area contributed by atoms with Crippen LogP contribution in [0.1, 0.15) is 0 Å². The molecule has 0 bridgehead atoms. The van der Waals surface area contributed by atoms with Crippen molar-refractivity contribution in [1.29, 1.82) is 0 Å². The zero-order chi connectivity index (χ0) is 13.9. The van der Waals surface area contributed by atoms with Crippen LogP contribution in [0, 0.1) is 0 Å². The minimum atomic E-state index is 0.234. The van der Waals surface area contributed by atoms with Crippen molar-refractivity contribution in [3.63, 3.8) is 0 Å². The monoisotopic (exact) mass is 284 g/mol.